The number of rotatable bonds is 5. The first-order valence-electron chi connectivity index (χ1n) is 5.61. The lowest BCUT2D eigenvalue weighted by atomic mass is 10.1. The third-order valence-electron chi connectivity index (χ3n) is 2.84. The molecule has 0 spiro atoms. The van der Waals surface area contributed by atoms with Gasteiger partial charge in [0.1, 0.15) is 0 Å². The zero-order valence-corrected chi connectivity index (χ0v) is 10.6. The van der Waals surface area contributed by atoms with Crippen LogP contribution in [0.4, 0.5) is 0 Å². The lowest BCUT2D eigenvalue weighted by Gasteiger charge is -2.11. The summed E-state index contributed by atoms with van der Waals surface area (Å²) < 4.78 is 2.16. The summed E-state index contributed by atoms with van der Waals surface area (Å²) in [6, 6.07) is 8.57. The zero-order valence-electron chi connectivity index (χ0n) is 9.81. The first kappa shape index (κ1) is 11.4. The molecule has 1 N–H and O–H groups in total. The molecular weight excluding hydrogens is 216 g/mol. The van der Waals surface area contributed by atoms with E-state index in [-0.39, 0.29) is 0 Å². The minimum atomic E-state index is 0.597. The number of thiophene rings is 1. The molecular formula is C13H18N2S. The SMILES string of the molecule is CC(CNCc1cccn1C)c1cccs1. The molecule has 0 aliphatic carbocycles. The molecule has 86 valence electrons. The average Bonchev–Trinajstić information content (AvgIpc) is 2.90. The molecule has 0 aromatic carbocycles. The summed E-state index contributed by atoms with van der Waals surface area (Å²) in [4.78, 5) is 1.46. The Bertz CT molecular complexity index is 417. The lowest BCUT2D eigenvalue weighted by Crippen LogP contribution is -2.20. The van der Waals surface area contributed by atoms with Crippen LogP contribution in [0, 0.1) is 0 Å². The average molecular weight is 234 g/mol. The number of hydrogen-bond acceptors (Lipinski definition) is 2. The van der Waals surface area contributed by atoms with Crippen molar-refractivity contribution < 1.29 is 0 Å². The summed E-state index contributed by atoms with van der Waals surface area (Å²) in [5.74, 6) is 0.597. The maximum atomic E-state index is 3.50. The molecule has 2 nitrogen and oxygen atoms in total. The largest absolute Gasteiger partial charge is 0.353 e. The first-order valence-corrected chi connectivity index (χ1v) is 6.49. The summed E-state index contributed by atoms with van der Waals surface area (Å²) in [5, 5.41) is 5.64. The predicted molar refractivity (Wildman–Crippen MR) is 69.9 cm³/mol. The zero-order chi connectivity index (χ0) is 11.4. The number of nitrogens with one attached hydrogen (secondary N) is 1. The second kappa shape index (κ2) is 5.32. The highest BCUT2D eigenvalue weighted by atomic mass is 32.1. The molecule has 0 amide bonds. The van der Waals surface area contributed by atoms with E-state index in [0.29, 0.717) is 5.92 Å². The highest BCUT2D eigenvalue weighted by Crippen LogP contribution is 2.19. The van der Waals surface area contributed by atoms with Crippen molar-refractivity contribution in [2.24, 2.45) is 7.05 Å². The van der Waals surface area contributed by atoms with E-state index >= 15 is 0 Å². The van der Waals surface area contributed by atoms with Crippen molar-refractivity contribution in [2.75, 3.05) is 6.54 Å². The number of hydrogen-bond donors (Lipinski definition) is 1. The van der Waals surface area contributed by atoms with Gasteiger partial charge < -0.3 is 9.88 Å². The molecule has 0 saturated heterocycles. The van der Waals surface area contributed by atoms with Crippen molar-refractivity contribution in [3.8, 4) is 0 Å². The molecule has 0 radical (unpaired) electrons. The van der Waals surface area contributed by atoms with Crippen LogP contribution in [-0.4, -0.2) is 11.1 Å². The predicted octanol–water partition coefficient (Wildman–Crippen LogP) is 2.98. The molecule has 3 heteroatoms. The van der Waals surface area contributed by atoms with Gasteiger partial charge in [-0.15, -0.1) is 11.3 Å². The van der Waals surface area contributed by atoms with Gasteiger partial charge >= 0.3 is 0 Å². The van der Waals surface area contributed by atoms with Crippen LogP contribution in [0.5, 0.6) is 0 Å². The van der Waals surface area contributed by atoms with Gasteiger partial charge in [-0.05, 0) is 23.6 Å². The van der Waals surface area contributed by atoms with E-state index < -0.39 is 0 Å². The standard InChI is InChI=1S/C13H18N2S/c1-11(13-6-4-8-16-13)9-14-10-12-5-3-7-15(12)2/h3-8,11,14H,9-10H2,1-2H3. The van der Waals surface area contributed by atoms with Gasteiger partial charge in [-0.2, -0.15) is 0 Å². The van der Waals surface area contributed by atoms with Crippen molar-refractivity contribution in [1.82, 2.24) is 9.88 Å². The van der Waals surface area contributed by atoms with Crippen LogP contribution in [-0.2, 0) is 13.6 Å². The van der Waals surface area contributed by atoms with Gasteiger partial charge in [-0.3, -0.25) is 0 Å². The van der Waals surface area contributed by atoms with Crippen molar-refractivity contribution in [1.29, 1.82) is 0 Å². The number of aromatic nitrogens is 1. The highest BCUT2D eigenvalue weighted by Gasteiger charge is 2.05. The van der Waals surface area contributed by atoms with Crippen LogP contribution in [0.15, 0.2) is 35.8 Å². The van der Waals surface area contributed by atoms with Crippen LogP contribution in [0.1, 0.15) is 23.4 Å². The van der Waals surface area contributed by atoms with Crippen LogP contribution in [0.2, 0.25) is 0 Å². The fourth-order valence-corrected chi connectivity index (χ4v) is 2.56. The van der Waals surface area contributed by atoms with Gasteiger partial charge in [0, 0.05) is 42.8 Å². The fraction of sp³-hybridized carbons (Fsp3) is 0.385. The Labute approximate surface area is 101 Å². The van der Waals surface area contributed by atoms with Crippen molar-refractivity contribution in [3.05, 3.63) is 46.4 Å². The van der Waals surface area contributed by atoms with E-state index in [1.807, 2.05) is 11.3 Å². The normalized spacial score (nSPS) is 12.9. The Morgan fingerprint density at radius 1 is 1.38 bits per heavy atom. The highest BCUT2D eigenvalue weighted by molar-refractivity contribution is 7.10. The number of nitrogens with zero attached hydrogens (tertiary/aromatic N) is 1. The Balaban J connectivity index is 1.78. The molecule has 16 heavy (non-hydrogen) atoms. The summed E-state index contributed by atoms with van der Waals surface area (Å²) in [6.07, 6.45) is 2.08. The van der Waals surface area contributed by atoms with Crippen LogP contribution < -0.4 is 5.32 Å². The van der Waals surface area contributed by atoms with Gasteiger partial charge in [0.25, 0.3) is 0 Å². The van der Waals surface area contributed by atoms with Crippen LogP contribution in [0.25, 0.3) is 0 Å². The van der Waals surface area contributed by atoms with Gasteiger partial charge in [-0.25, -0.2) is 0 Å². The summed E-state index contributed by atoms with van der Waals surface area (Å²) >= 11 is 1.84. The Kier molecular flexibility index (Phi) is 3.80. The van der Waals surface area contributed by atoms with E-state index in [1.165, 1.54) is 10.6 Å². The minimum Gasteiger partial charge on any atom is -0.353 e. The van der Waals surface area contributed by atoms with Crippen molar-refractivity contribution >= 4 is 11.3 Å². The Hall–Kier alpha value is -1.06. The van der Waals surface area contributed by atoms with E-state index in [1.54, 1.807) is 0 Å². The molecule has 0 bridgehead atoms. The Morgan fingerprint density at radius 2 is 2.25 bits per heavy atom. The monoisotopic (exact) mass is 234 g/mol. The molecule has 1 atom stereocenters. The third kappa shape index (κ3) is 2.74. The molecule has 1 unspecified atom stereocenters. The van der Waals surface area contributed by atoms with Crippen LogP contribution >= 0.6 is 11.3 Å². The Morgan fingerprint density at radius 3 is 2.88 bits per heavy atom. The quantitative estimate of drug-likeness (QED) is 0.841. The van der Waals surface area contributed by atoms with Crippen molar-refractivity contribution in [3.63, 3.8) is 0 Å². The van der Waals surface area contributed by atoms with E-state index in [4.69, 9.17) is 0 Å². The second-order valence-corrected chi connectivity index (χ2v) is 5.14. The van der Waals surface area contributed by atoms with Gasteiger partial charge in [-0.1, -0.05) is 13.0 Å². The molecule has 0 aliphatic rings. The minimum absolute atomic E-state index is 0.597. The molecule has 2 aromatic rings. The van der Waals surface area contributed by atoms with Gasteiger partial charge in [0.05, 0.1) is 0 Å². The number of aryl methyl sites for hydroxylation is 1. The van der Waals surface area contributed by atoms with E-state index in [2.05, 4.69) is 59.7 Å². The van der Waals surface area contributed by atoms with E-state index in [0.717, 1.165) is 13.1 Å². The summed E-state index contributed by atoms with van der Waals surface area (Å²) in [7, 11) is 2.08. The molecule has 0 saturated carbocycles. The topological polar surface area (TPSA) is 17.0 Å². The molecule has 0 fully saturated rings. The van der Waals surface area contributed by atoms with Gasteiger partial charge in [0.2, 0.25) is 0 Å². The van der Waals surface area contributed by atoms with Gasteiger partial charge in [0.15, 0.2) is 0 Å². The summed E-state index contributed by atoms with van der Waals surface area (Å²) in [6.45, 7) is 4.24. The molecule has 0 aliphatic heterocycles. The van der Waals surface area contributed by atoms with Crippen molar-refractivity contribution in [2.45, 2.75) is 19.4 Å². The molecule has 2 rings (SSSR count). The lowest BCUT2D eigenvalue weighted by molar-refractivity contribution is 0.602. The van der Waals surface area contributed by atoms with Crippen LogP contribution in [0.3, 0.4) is 0 Å². The second-order valence-electron chi connectivity index (χ2n) is 4.16. The molecule has 2 aromatic heterocycles. The molecule has 2 heterocycles. The summed E-state index contributed by atoms with van der Waals surface area (Å²) in [5.41, 5.74) is 1.33. The smallest absolute Gasteiger partial charge is 0.0359 e. The first-order chi connectivity index (χ1) is 7.77. The maximum absolute atomic E-state index is 3.50. The fourth-order valence-electron chi connectivity index (χ4n) is 1.77. The third-order valence-corrected chi connectivity index (χ3v) is 3.94. The maximum Gasteiger partial charge on any atom is 0.0359 e. The van der Waals surface area contributed by atoms with E-state index in [9.17, 15) is 0 Å².